The highest BCUT2D eigenvalue weighted by Crippen LogP contribution is 2.23. The minimum Gasteiger partial charge on any atom is -0.467 e. The number of rotatable bonds is 3. The molecule has 0 saturated heterocycles. The van der Waals surface area contributed by atoms with E-state index in [1.807, 2.05) is 26.0 Å². The number of carbonyl (C=O) groups excluding carboxylic acids is 1. The Balaban J connectivity index is 2.78. The molecular formula is C11H16BrNO2. The Kier molecular flexibility index (Phi) is 3.28. The summed E-state index contributed by atoms with van der Waals surface area (Å²) in [7, 11) is 0. The summed E-state index contributed by atoms with van der Waals surface area (Å²) in [6.45, 7) is 7.42. The lowest BCUT2D eigenvalue weighted by Crippen LogP contribution is -2.47. The smallest absolute Gasteiger partial charge is 0.237 e. The first kappa shape index (κ1) is 12.3. The highest BCUT2D eigenvalue weighted by atomic mass is 79.9. The zero-order valence-corrected chi connectivity index (χ0v) is 11.0. The van der Waals surface area contributed by atoms with E-state index in [0.29, 0.717) is 0 Å². The number of hydrogen-bond donors (Lipinski definition) is 1. The minimum absolute atomic E-state index is 0.0658. The van der Waals surface area contributed by atoms with Crippen molar-refractivity contribution in [3.05, 3.63) is 24.2 Å². The first-order valence-corrected chi connectivity index (χ1v) is 5.58. The summed E-state index contributed by atoms with van der Waals surface area (Å²) in [4.78, 5) is 11.8. The molecule has 15 heavy (non-hydrogen) atoms. The Morgan fingerprint density at radius 2 is 2.00 bits per heavy atom. The van der Waals surface area contributed by atoms with Crippen LogP contribution in [0.5, 0.6) is 0 Å². The first-order chi connectivity index (χ1) is 6.73. The summed E-state index contributed by atoms with van der Waals surface area (Å²) in [6.07, 6.45) is 1.60. The average Bonchev–Trinajstić information content (AvgIpc) is 2.52. The van der Waals surface area contributed by atoms with Crippen LogP contribution < -0.4 is 5.32 Å². The lowest BCUT2D eigenvalue weighted by molar-refractivity contribution is -0.124. The molecule has 1 N–H and O–H groups in total. The van der Waals surface area contributed by atoms with Gasteiger partial charge in [-0.3, -0.25) is 4.79 Å². The topological polar surface area (TPSA) is 42.2 Å². The van der Waals surface area contributed by atoms with Crippen LogP contribution in [-0.4, -0.2) is 10.2 Å². The molecule has 0 aliphatic carbocycles. The van der Waals surface area contributed by atoms with Gasteiger partial charge in [0.1, 0.15) is 5.76 Å². The van der Waals surface area contributed by atoms with Crippen molar-refractivity contribution in [1.29, 1.82) is 0 Å². The molecule has 1 amide bonds. The Morgan fingerprint density at radius 3 is 2.40 bits per heavy atom. The van der Waals surface area contributed by atoms with Crippen LogP contribution in [0.2, 0.25) is 0 Å². The SMILES string of the molecule is CC(C)(Br)C(=O)NC(C)(C)c1ccco1. The van der Waals surface area contributed by atoms with Crippen molar-refractivity contribution in [3.63, 3.8) is 0 Å². The second kappa shape index (κ2) is 4.00. The van der Waals surface area contributed by atoms with Gasteiger partial charge in [0.25, 0.3) is 0 Å². The maximum Gasteiger partial charge on any atom is 0.237 e. The predicted octanol–water partition coefficient (Wildman–Crippen LogP) is 2.80. The molecule has 1 heterocycles. The van der Waals surface area contributed by atoms with E-state index in [2.05, 4.69) is 21.2 Å². The minimum atomic E-state index is -0.573. The van der Waals surface area contributed by atoms with Gasteiger partial charge < -0.3 is 9.73 Å². The number of carbonyl (C=O) groups is 1. The van der Waals surface area contributed by atoms with Gasteiger partial charge in [-0.25, -0.2) is 0 Å². The van der Waals surface area contributed by atoms with Crippen molar-refractivity contribution in [2.75, 3.05) is 0 Å². The molecule has 3 nitrogen and oxygen atoms in total. The van der Waals surface area contributed by atoms with Crippen molar-refractivity contribution in [3.8, 4) is 0 Å². The van der Waals surface area contributed by atoms with Crippen molar-refractivity contribution in [2.24, 2.45) is 0 Å². The van der Waals surface area contributed by atoms with Gasteiger partial charge in [0.15, 0.2) is 0 Å². The standard InChI is InChI=1S/C11H16BrNO2/c1-10(2,12)9(14)13-11(3,4)8-6-5-7-15-8/h5-7H,1-4H3,(H,13,14). The number of furan rings is 1. The zero-order valence-electron chi connectivity index (χ0n) is 9.43. The fourth-order valence-electron chi connectivity index (χ4n) is 1.13. The van der Waals surface area contributed by atoms with E-state index in [4.69, 9.17) is 4.42 Å². The Bertz CT molecular complexity index is 336. The summed E-state index contributed by atoms with van der Waals surface area (Å²) in [6, 6.07) is 3.66. The van der Waals surface area contributed by atoms with E-state index in [1.54, 1.807) is 20.1 Å². The third-order valence-electron chi connectivity index (χ3n) is 2.10. The van der Waals surface area contributed by atoms with Crippen molar-refractivity contribution in [2.45, 2.75) is 37.6 Å². The predicted molar refractivity (Wildman–Crippen MR) is 62.9 cm³/mol. The number of amides is 1. The van der Waals surface area contributed by atoms with Crippen molar-refractivity contribution in [1.82, 2.24) is 5.32 Å². The summed E-state index contributed by atoms with van der Waals surface area (Å²) < 4.78 is 4.71. The van der Waals surface area contributed by atoms with Crippen molar-refractivity contribution < 1.29 is 9.21 Å². The fourth-order valence-corrected chi connectivity index (χ4v) is 1.23. The van der Waals surface area contributed by atoms with Crippen LogP contribution in [0.3, 0.4) is 0 Å². The van der Waals surface area contributed by atoms with Crippen LogP contribution >= 0.6 is 15.9 Å². The summed E-state index contributed by atoms with van der Waals surface area (Å²) in [5, 5.41) is 2.92. The largest absolute Gasteiger partial charge is 0.467 e. The van der Waals surface area contributed by atoms with Gasteiger partial charge in [-0.2, -0.15) is 0 Å². The number of alkyl halides is 1. The number of nitrogens with one attached hydrogen (secondary N) is 1. The normalized spacial score (nSPS) is 12.6. The highest BCUT2D eigenvalue weighted by Gasteiger charge is 2.31. The van der Waals surface area contributed by atoms with Crippen LogP contribution in [0.15, 0.2) is 22.8 Å². The Morgan fingerprint density at radius 1 is 1.40 bits per heavy atom. The van der Waals surface area contributed by atoms with Crippen LogP contribution in [-0.2, 0) is 10.3 Å². The number of hydrogen-bond acceptors (Lipinski definition) is 2. The van der Waals surface area contributed by atoms with Crippen LogP contribution in [0.25, 0.3) is 0 Å². The molecule has 0 aliphatic rings. The summed E-state index contributed by atoms with van der Waals surface area (Å²) in [5.74, 6) is 0.677. The molecule has 0 radical (unpaired) electrons. The number of halogens is 1. The molecule has 1 aromatic rings. The monoisotopic (exact) mass is 273 g/mol. The molecule has 1 rings (SSSR count). The molecule has 84 valence electrons. The molecule has 0 unspecified atom stereocenters. The molecule has 0 spiro atoms. The van der Waals surface area contributed by atoms with Crippen LogP contribution in [0, 0.1) is 0 Å². The van der Waals surface area contributed by atoms with E-state index >= 15 is 0 Å². The molecule has 0 atom stereocenters. The Hall–Kier alpha value is -0.770. The lowest BCUT2D eigenvalue weighted by Gasteiger charge is -2.27. The van der Waals surface area contributed by atoms with Gasteiger partial charge in [0.05, 0.1) is 16.1 Å². The summed E-state index contributed by atoms with van der Waals surface area (Å²) >= 11 is 3.32. The fraction of sp³-hybridized carbons (Fsp3) is 0.545. The van der Waals surface area contributed by atoms with E-state index in [9.17, 15) is 4.79 Å². The van der Waals surface area contributed by atoms with Gasteiger partial charge in [-0.05, 0) is 39.8 Å². The van der Waals surface area contributed by atoms with Gasteiger partial charge in [0, 0.05) is 0 Å². The molecule has 1 aromatic heterocycles. The van der Waals surface area contributed by atoms with Gasteiger partial charge >= 0.3 is 0 Å². The third-order valence-corrected chi connectivity index (χ3v) is 2.46. The van der Waals surface area contributed by atoms with Gasteiger partial charge in [-0.1, -0.05) is 15.9 Å². The first-order valence-electron chi connectivity index (χ1n) is 4.79. The maximum absolute atomic E-state index is 11.8. The molecule has 0 fully saturated rings. The van der Waals surface area contributed by atoms with E-state index < -0.39 is 9.86 Å². The lowest BCUT2D eigenvalue weighted by atomic mass is 10.0. The molecule has 0 aliphatic heterocycles. The molecule has 0 bridgehead atoms. The van der Waals surface area contributed by atoms with Crippen LogP contribution in [0.4, 0.5) is 0 Å². The van der Waals surface area contributed by atoms with Gasteiger partial charge in [-0.15, -0.1) is 0 Å². The molecular weight excluding hydrogens is 258 g/mol. The second-order valence-corrected chi connectivity index (χ2v) is 6.51. The van der Waals surface area contributed by atoms with Crippen molar-refractivity contribution >= 4 is 21.8 Å². The molecule has 0 saturated carbocycles. The summed E-state index contributed by atoms with van der Waals surface area (Å²) in [5.41, 5.74) is -0.494. The van der Waals surface area contributed by atoms with Crippen LogP contribution in [0.1, 0.15) is 33.5 Å². The quantitative estimate of drug-likeness (QED) is 0.861. The Labute approximate surface area is 98.4 Å². The van der Waals surface area contributed by atoms with E-state index in [1.165, 1.54) is 0 Å². The molecule has 0 aromatic carbocycles. The molecule has 4 heteroatoms. The van der Waals surface area contributed by atoms with Gasteiger partial charge in [0.2, 0.25) is 5.91 Å². The van der Waals surface area contributed by atoms with E-state index in [-0.39, 0.29) is 5.91 Å². The zero-order chi connectivity index (χ0) is 11.7. The average molecular weight is 274 g/mol. The maximum atomic E-state index is 11.8. The second-order valence-electron chi connectivity index (χ2n) is 4.53. The van der Waals surface area contributed by atoms with E-state index in [0.717, 1.165) is 5.76 Å². The highest BCUT2D eigenvalue weighted by molar-refractivity contribution is 9.10. The third kappa shape index (κ3) is 3.09.